The Morgan fingerprint density at radius 1 is 0.692 bits per heavy atom. The monoisotopic (exact) mass is 896 g/mol. The fourth-order valence-corrected chi connectivity index (χ4v) is 9.32. The Morgan fingerprint density at radius 2 is 1.15 bits per heavy atom. The van der Waals surface area contributed by atoms with E-state index in [1.165, 1.54) is 67.9 Å². The number of allylic oxidation sites excluding steroid dienone is 2. The van der Waals surface area contributed by atoms with Crippen LogP contribution in [0.25, 0.3) is 0 Å². The summed E-state index contributed by atoms with van der Waals surface area (Å²) in [5.74, 6) is 0.291. The van der Waals surface area contributed by atoms with Gasteiger partial charge < -0.3 is 45.1 Å². The van der Waals surface area contributed by atoms with E-state index in [9.17, 15) is 29.9 Å². The Kier molecular flexibility index (Phi) is 19.2. The van der Waals surface area contributed by atoms with Crippen molar-refractivity contribution >= 4 is 17.6 Å². The van der Waals surface area contributed by atoms with Crippen LogP contribution in [0.5, 0.6) is 11.5 Å². The SMILES string of the molecule is CC1=C(C(=O)OCCCNCC(O)COc2ccccc2C2CCCCC2)C(c2cccc([N+](=O)[O-])c2)C(C(=O)OCCCNCC(O)COc2ccccc2C2CCCCC2)=C(C)N1. The van der Waals surface area contributed by atoms with Gasteiger partial charge in [-0.05, 0) is 106 Å². The Labute approximate surface area is 383 Å². The minimum absolute atomic E-state index is 0.0513. The molecule has 1 aliphatic heterocycles. The number of hydrogen-bond acceptors (Lipinski definition) is 13. The fraction of sp³-hybridized carbons (Fsp3) is 0.529. The molecular formula is C51H68N4O10. The van der Waals surface area contributed by atoms with Crippen LogP contribution in [0.3, 0.4) is 0 Å². The fourth-order valence-electron chi connectivity index (χ4n) is 9.32. The average Bonchev–Trinajstić information content (AvgIpc) is 3.32. The highest BCUT2D eigenvalue weighted by atomic mass is 16.6. The summed E-state index contributed by atoms with van der Waals surface area (Å²) in [4.78, 5) is 39.0. The minimum atomic E-state index is -0.996. The van der Waals surface area contributed by atoms with E-state index in [0.29, 0.717) is 67.8 Å². The first kappa shape index (κ1) is 49.2. The van der Waals surface area contributed by atoms with Gasteiger partial charge in [-0.25, -0.2) is 9.59 Å². The zero-order chi connectivity index (χ0) is 46.0. The second kappa shape index (κ2) is 25.4. The van der Waals surface area contributed by atoms with Crippen molar-refractivity contribution in [3.8, 4) is 11.5 Å². The van der Waals surface area contributed by atoms with E-state index in [-0.39, 0.29) is 43.3 Å². The summed E-state index contributed by atoms with van der Waals surface area (Å²) in [6.07, 6.45) is 11.5. The van der Waals surface area contributed by atoms with Crippen molar-refractivity contribution in [3.63, 3.8) is 0 Å². The number of aliphatic hydroxyl groups excluding tert-OH is 2. The number of benzene rings is 3. The van der Waals surface area contributed by atoms with Gasteiger partial charge in [-0.15, -0.1) is 0 Å². The molecule has 0 aromatic heterocycles. The number of aliphatic hydroxyl groups is 2. The molecule has 0 amide bonds. The molecule has 0 radical (unpaired) electrons. The van der Waals surface area contributed by atoms with E-state index in [1.807, 2.05) is 36.4 Å². The van der Waals surface area contributed by atoms with Gasteiger partial charge in [-0.1, -0.05) is 87.1 Å². The number of nitro benzene ring substituents is 1. The molecule has 2 atom stereocenters. The van der Waals surface area contributed by atoms with Crippen molar-refractivity contribution in [1.82, 2.24) is 16.0 Å². The summed E-state index contributed by atoms with van der Waals surface area (Å²) in [6, 6.07) is 22.0. The third-order valence-corrected chi connectivity index (χ3v) is 12.6. The van der Waals surface area contributed by atoms with Crippen molar-refractivity contribution in [2.75, 3.05) is 52.6 Å². The molecule has 3 aromatic rings. The molecule has 14 nitrogen and oxygen atoms in total. The zero-order valence-electron chi connectivity index (χ0n) is 38.1. The molecule has 0 bridgehead atoms. The number of para-hydroxylation sites is 2. The Morgan fingerprint density at radius 3 is 1.62 bits per heavy atom. The van der Waals surface area contributed by atoms with Crippen LogP contribution in [0.1, 0.15) is 125 Å². The van der Waals surface area contributed by atoms with Gasteiger partial charge in [0.1, 0.15) is 36.9 Å². The lowest BCUT2D eigenvalue weighted by Crippen LogP contribution is -2.34. The maximum absolute atomic E-state index is 13.8. The minimum Gasteiger partial charge on any atom is -0.491 e. The summed E-state index contributed by atoms with van der Waals surface area (Å²) in [7, 11) is 0. The van der Waals surface area contributed by atoms with Crippen LogP contribution in [-0.2, 0) is 19.1 Å². The smallest absolute Gasteiger partial charge is 0.336 e. The number of rotatable bonds is 24. The largest absolute Gasteiger partial charge is 0.491 e. The Balaban J connectivity index is 0.960. The highest BCUT2D eigenvalue weighted by Gasteiger charge is 2.38. The van der Waals surface area contributed by atoms with Gasteiger partial charge in [0.25, 0.3) is 5.69 Å². The third-order valence-electron chi connectivity index (χ3n) is 12.6. The average molecular weight is 897 g/mol. The van der Waals surface area contributed by atoms with Gasteiger partial charge >= 0.3 is 11.9 Å². The maximum atomic E-state index is 13.8. The molecule has 1 heterocycles. The molecule has 3 aliphatic rings. The maximum Gasteiger partial charge on any atom is 0.336 e. The number of nitrogens with zero attached hydrogens (tertiary/aromatic N) is 1. The van der Waals surface area contributed by atoms with Crippen molar-refractivity contribution in [2.24, 2.45) is 0 Å². The van der Waals surface area contributed by atoms with Crippen LogP contribution >= 0.6 is 0 Å². The van der Waals surface area contributed by atoms with E-state index >= 15 is 0 Å². The molecule has 3 aromatic carbocycles. The highest BCUT2D eigenvalue weighted by molar-refractivity contribution is 6.00. The number of carbonyl (C=O) groups is 2. The Hall–Kier alpha value is -5.28. The van der Waals surface area contributed by atoms with E-state index < -0.39 is 35.0 Å². The zero-order valence-corrected chi connectivity index (χ0v) is 38.1. The number of non-ortho nitro benzene ring substituents is 1. The van der Waals surface area contributed by atoms with Crippen molar-refractivity contribution in [1.29, 1.82) is 0 Å². The first-order chi connectivity index (χ1) is 31.6. The molecule has 14 heteroatoms. The van der Waals surface area contributed by atoms with Crippen LogP contribution in [0.4, 0.5) is 5.69 Å². The molecule has 0 saturated heterocycles. The number of carbonyl (C=O) groups excluding carboxylic acids is 2. The number of nitrogens with one attached hydrogen (secondary N) is 3. The highest BCUT2D eigenvalue weighted by Crippen LogP contribution is 2.41. The molecule has 65 heavy (non-hydrogen) atoms. The first-order valence-electron chi connectivity index (χ1n) is 23.6. The molecule has 2 saturated carbocycles. The van der Waals surface area contributed by atoms with Gasteiger partial charge in [0.15, 0.2) is 0 Å². The van der Waals surface area contributed by atoms with E-state index in [1.54, 1.807) is 19.9 Å². The number of dihydropyridines is 1. The first-order valence-corrected chi connectivity index (χ1v) is 23.6. The van der Waals surface area contributed by atoms with Crippen molar-refractivity contribution < 1.29 is 43.7 Å². The summed E-state index contributed by atoms with van der Waals surface area (Å²) in [6.45, 7) is 5.30. The molecule has 2 fully saturated rings. The van der Waals surface area contributed by atoms with Crippen LogP contribution in [0.15, 0.2) is 95.3 Å². The van der Waals surface area contributed by atoms with Gasteiger partial charge in [0.2, 0.25) is 0 Å². The standard InChI is InChI=1S/C51H68N4O10/c1-35-47(50(58)62-28-14-26-52-31-41(56)33-64-45-24-11-9-22-43(45)37-16-5-3-6-17-37)49(39-20-13-21-40(30-39)55(60)61)48(36(2)54-35)51(59)63-29-15-27-53-32-42(57)34-65-46-25-12-10-23-44(46)38-18-7-4-8-19-38/h9-13,20-25,30,37-38,41-42,49,52-54,56-57H,3-8,14-19,26-29,31-34H2,1-2H3. The predicted molar refractivity (Wildman–Crippen MR) is 249 cm³/mol. The van der Waals surface area contributed by atoms with Gasteiger partial charge in [-0.3, -0.25) is 10.1 Å². The lowest BCUT2D eigenvalue weighted by Gasteiger charge is -2.30. The van der Waals surface area contributed by atoms with Gasteiger partial charge in [0.05, 0.1) is 35.2 Å². The molecule has 2 unspecified atom stereocenters. The summed E-state index contributed by atoms with van der Waals surface area (Å²) < 4.78 is 23.6. The lowest BCUT2D eigenvalue weighted by molar-refractivity contribution is -0.384. The van der Waals surface area contributed by atoms with Crippen LogP contribution in [0.2, 0.25) is 0 Å². The normalized spacial score (nSPS) is 18.1. The van der Waals surface area contributed by atoms with Crippen LogP contribution < -0.4 is 25.4 Å². The van der Waals surface area contributed by atoms with Crippen LogP contribution in [0, 0.1) is 10.1 Å². The summed E-state index contributed by atoms with van der Waals surface area (Å²) >= 11 is 0. The van der Waals surface area contributed by atoms with Crippen molar-refractivity contribution in [2.45, 2.75) is 121 Å². The topological polar surface area (TPSA) is 191 Å². The van der Waals surface area contributed by atoms with E-state index in [2.05, 4.69) is 28.1 Å². The predicted octanol–water partition coefficient (Wildman–Crippen LogP) is 7.85. The number of nitro groups is 1. The summed E-state index contributed by atoms with van der Waals surface area (Å²) in [5.41, 5.74) is 3.81. The molecule has 5 N–H and O–H groups in total. The molecule has 352 valence electrons. The number of ether oxygens (including phenoxy) is 4. The van der Waals surface area contributed by atoms with Gasteiger partial charge in [-0.2, -0.15) is 0 Å². The van der Waals surface area contributed by atoms with Crippen molar-refractivity contribution in [3.05, 3.63) is 122 Å². The second-order valence-corrected chi connectivity index (χ2v) is 17.5. The van der Waals surface area contributed by atoms with Crippen LogP contribution in [-0.4, -0.2) is 91.9 Å². The van der Waals surface area contributed by atoms with E-state index in [0.717, 1.165) is 37.2 Å². The Bertz CT molecular complexity index is 1980. The molecule has 6 rings (SSSR count). The number of esters is 2. The number of hydrogen-bond donors (Lipinski definition) is 5. The van der Waals surface area contributed by atoms with E-state index in [4.69, 9.17) is 18.9 Å². The molecular weight excluding hydrogens is 829 g/mol. The van der Waals surface area contributed by atoms with Gasteiger partial charge in [0, 0.05) is 36.6 Å². The molecule has 0 spiro atoms. The lowest BCUT2D eigenvalue weighted by atomic mass is 9.80. The summed E-state index contributed by atoms with van der Waals surface area (Å²) in [5, 5.41) is 42.7. The third kappa shape index (κ3) is 14.4. The quantitative estimate of drug-likeness (QED) is 0.0253. The molecule has 2 aliphatic carbocycles. The second-order valence-electron chi connectivity index (χ2n) is 17.5.